The molecule has 0 radical (unpaired) electrons. The van der Waals surface area contributed by atoms with Crippen molar-refractivity contribution in [3.63, 3.8) is 0 Å². The first-order chi connectivity index (χ1) is 20.1. The number of aryl methyl sites for hydroxylation is 7. The smallest absolute Gasteiger partial charge is 0.0215 e. The number of unbranched alkanes of at least 4 members (excludes halogenated alkanes) is 4. The Bertz CT molecular complexity index is 1460. The molecule has 0 atom stereocenters. The lowest BCUT2D eigenvalue weighted by molar-refractivity contribution is 0.401. The van der Waals surface area contributed by atoms with Crippen LogP contribution in [0.5, 0.6) is 0 Å². The summed E-state index contributed by atoms with van der Waals surface area (Å²) in [6.45, 7) is 2.27. The van der Waals surface area contributed by atoms with Crippen LogP contribution in [0.2, 0.25) is 0 Å². The molecule has 0 aliphatic heterocycles. The van der Waals surface area contributed by atoms with Gasteiger partial charge >= 0.3 is 0 Å². The molecule has 0 heterocycles. The molecule has 3 aliphatic rings. The molecule has 0 fully saturated rings. The molecule has 0 saturated carbocycles. The van der Waals surface area contributed by atoms with E-state index >= 15 is 0 Å². The first-order valence-electron chi connectivity index (χ1n) is 16.2. The summed E-state index contributed by atoms with van der Waals surface area (Å²) in [5.74, 6) is 0. The number of hydrogen-bond donors (Lipinski definition) is 0. The molecule has 0 saturated heterocycles. The molecule has 0 N–H and O–H groups in total. The number of halogens is 1. The van der Waals surface area contributed by atoms with Crippen molar-refractivity contribution in [2.45, 2.75) is 102 Å². The van der Waals surface area contributed by atoms with Crippen molar-refractivity contribution in [1.29, 1.82) is 0 Å². The van der Waals surface area contributed by atoms with E-state index < -0.39 is 0 Å². The Balaban J connectivity index is 1.05. The molecule has 1 heteroatoms. The van der Waals surface area contributed by atoms with E-state index in [4.69, 9.17) is 0 Å². The molecule has 0 bridgehead atoms. The predicted octanol–water partition coefficient (Wildman–Crippen LogP) is 10.8. The Labute approximate surface area is 255 Å². The predicted molar refractivity (Wildman–Crippen MR) is 177 cm³/mol. The summed E-state index contributed by atoms with van der Waals surface area (Å²) in [4.78, 5) is 0. The van der Waals surface area contributed by atoms with E-state index in [1.165, 1.54) is 111 Å². The quantitative estimate of drug-likeness (QED) is 0.141. The topological polar surface area (TPSA) is 0 Å². The maximum Gasteiger partial charge on any atom is 0.0215 e. The van der Waals surface area contributed by atoms with Crippen LogP contribution in [0.15, 0.2) is 77.3 Å². The molecule has 4 aromatic carbocycles. The monoisotopic (exact) mass is 602 g/mol. The third-order valence-electron chi connectivity index (χ3n) is 10.5. The van der Waals surface area contributed by atoms with Crippen LogP contribution in [0.3, 0.4) is 0 Å². The Morgan fingerprint density at radius 2 is 1.07 bits per heavy atom. The van der Waals surface area contributed by atoms with Crippen LogP contribution in [-0.2, 0) is 43.9 Å². The van der Waals surface area contributed by atoms with Gasteiger partial charge in [0.2, 0.25) is 0 Å². The fourth-order valence-corrected chi connectivity index (χ4v) is 8.28. The second-order valence-corrected chi connectivity index (χ2v) is 14.1. The number of fused-ring (bicyclic) bond motifs is 5. The molecule has 0 amide bonds. The zero-order valence-corrected chi connectivity index (χ0v) is 26.3. The first kappa shape index (κ1) is 27.2. The van der Waals surface area contributed by atoms with Gasteiger partial charge in [0.1, 0.15) is 0 Å². The van der Waals surface area contributed by atoms with Gasteiger partial charge in [-0.1, -0.05) is 108 Å². The van der Waals surface area contributed by atoms with E-state index in [9.17, 15) is 0 Å². The third kappa shape index (κ3) is 5.36. The van der Waals surface area contributed by atoms with Crippen LogP contribution in [0, 0.1) is 6.92 Å². The first-order valence-corrected chi connectivity index (χ1v) is 17.0. The third-order valence-corrected chi connectivity index (χ3v) is 11.0. The van der Waals surface area contributed by atoms with Crippen molar-refractivity contribution in [2.75, 3.05) is 0 Å². The van der Waals surface area contributed by atoms with Gasteiger partial charge in [-0.2, -0.15) is 0 Å². The van der Waals surface area contributed by atoms with Gasteiger partial charge in [-0.25, -0.2) is 0 Å². The van der Waals surface area contributed by atoms with Crippen molar-refractivity contribution in [3.05, 3.63) is 127 Å². The summed E-state index contributed by atoms with van der Waals surface area (Å²) in [6, 6.07) is 28.7. The lowest BCUT2D eigenvalue weighted by Crippen LogP contribution is -2.25. The van der Waals surface area contributed by atoms with E-state index in [1.807, 2.05) is 0 Å². The highest BCUT2D eigenvalue weighted by Crippen LogP contribution is 2.55. The van der Waals surface area contributed by atoms with Crippen LogP contribution in [0.4, 0.5) is 0 Å². The van der Waals surface area contributed by atoms with Gasteiger partial charge in [0.15, 0.2) is 0 Å². The summed E-state index contributed by atoms with van der Waals surface area (Å²) < 4.78 is 1.21. The number of hydrogen-bond acceptors (Lipinski definition) is 0. The molecule has 0 nitrogen and oxygen atoms in total. The summed E-state index contributed by atoms with van der Waals surface area (Å²) in [7, 11) is 0. The van der Waals surface area contributed by atoms with Crippen LogP contribution < -0.4 is 0 Å². The van der Waals surface area contributed by atoms with E-state index in [2.05, 4.69) is 95.7 Å². The van der Waals surface area contributed by atoms with Crippen molar-refractivity contribution in [3.8, 4) is 11.1 Å². The molecular formula is C40H43Br. The summed E-state index contributed by atoms with van der Waals surface area (Å²) in [5, 5.41) is 0. The minimum atomic E-state index is 0.131. The van der Waals surface area contributed by atoms with Crippen molar-refractivity contribution in [2.24, 2.45) is 0 Å². The molecule has 3 aliphatic carbocycles. The Morgan fingerprint density at radius 3 is 1.61 bits per heavy atom. The summed E-state index contributed by atoms with van der Waals surface area (Å²) in [5.41, 5.74) is 17.1. The van der Waals surface area contributed by atoms with Gasteiger partial charge < -0.3 is 0 Å². The fraction of sp³-hybridized carbons (Fsp3) is 0.400. The molecule has 0 spiro atoms. The maximum atomic E-state index is 3.84. The molecule has 4 aromatic rings. The SMILES string of the molecule is Cc1ccc2c(c1)C(CCCCCc1ccc3c(c1)CC3)(CCCCCc1ccc3c(c1)CC3)c1cc(Br)ccc1-2. The van der Waals surface area contributed by atoms with Gasteiger partial charge in [-0.3, -0.25) is 0 Å². The Kier molecular flexibility index (Phi) is 7.67. The lowest BCUT2D eigenvalue weighted by atomic mass is 9.70. The molecule has 0 unspecified atom stereocenters. The molecule has 41 heavy (non-hydrogen) atoms. The summed E-state index contributed by atoms with van der Waals surface area (Å²) in [6.07, 6.45) is 17.9. The van der Waals surface area contributed by atoms with E-state index in [-0.39, 0.29) is 5.41 Å². The Hall–Kier alpha value is -2.64. The van der Waals surface area contributed by atoms with Gasteiger partial charge in [-0.15, -0.1) is 0 Å². The lowest BCUT2D eigenvalue weighted by Gasteiger charge is -2.33. The summed E-state index contributed by atoms with van der Waals surface area (Å²) >= 11 is 3.84. The van der Waals surface area contributed by atoms with Crippen LogP contribution in [-0.4, -0.2) is 0 Å². The molecular weight excluding hydrogens is 560 g/mol. The highest BCUT2D eigenvalue weighted by atomic mass is 79.9. The largest absolute Gasteiger partial charge is 0.0588 e. The second kappa shape index (κ2) is 11.6. The van der Waals surface area contributed by atoms with Crippen LogP contribution in [0.25, 0.3) is 11.1 Å². The van der Waals surface area contributed by atoms with Crippen LogP contribution >= 0.6 is 15.9 Å². The van der Waals surface area contributed by atoms with Gasteiger partial charge in [-0.05, 0) is 139 Å². The van der Waals surface area contributed by atoms with E-state index in [0.717, 1.165) is 0 Å². The maximum absolute atomic E-state index is 3.84. The van der Waals surface area contributed by atoms with Gasteiger partial charge in [0, 0.05) is 9.89 Å². The van der Waals surface area contributed by atoms with Crippen molar-refractivity contribution in [1.82, 2.24) is 0 Å². The highest BCUT2D eigenvalue weighted by Gasteiger charge is 2.42. The highest BCUT2D eigenvalue weighted by molar-refractivity contribution is 9.10. The molecule has 0 aromatic heterocycles. The number of benzene rings is 4. The molecule has 210 valence electrons. The Morgan fingerprint density at radius 1 is 0.537 bits per heavy atom. The minimum Gasteiger partial charge on any atom is -0.0588 e. The van der Waals surface area contributed by atoms with Crippen molar-refractivity contribution >= 4 is 15.9 Å². The zero-order chi connectivity index (χ0) is 27.8. The van der Waals surface area contributed by atoms with Crippen LogP contribution in [0.1, 0.15) is 101 Å². The molecule has 7 rings (SSSR count). The fourth-order valence-electron chi connectivity index (χ4n) is 7.92. The van der Waals surface area contributed by atoms with Gasteiger partial charge in [0.25, 0.3) is 0 Å². The average molecular weight is 604 g/mol. The van der Waals surface area contributed by atoms with Crippen molar-refractivity contribution < 1.29 is 0 Å². The minimum absolute atomic E-state index is 0.131. The second-order valence-electron chi connectivity index (χ2n) is 13.1. The van der Waals surface area contributed by atoms with E-state index in [1.54, 1.807) is 44.5 Å². The van der Waals surface area contributed by atoms with E-state index in [0.29, 0.717) is 0 Å². The number of rotatable bonds is 12. The standard InChI is InChI=1S/C40H43Br/c1-28-10-20-36-37-21-19-35(41)27-39(37)40(38(36)24-28,22-6-2-4-8-29-11-13-31-15-17-33(31)25-29)23-7-3-5-9-30-12-14-32-16-18-34(32)26-30/h10-14,19-21,24-27H,2-9,15-18,22-23H2,1H3. The average Bonchev–Trinajstić information content (AvgIpc) is 3.19. The normalized spacial score (nSPS) is 15.4. The zero-order valence-electron chi connectivity index (χ0n) is 24.7. The van der Waals surface area contributed by atoms with Gasteiger partial charge in [0.05, 0.1) is 0 Å².